The van der Waals surface area contributed by atoms with Crippen LogP contribution in [0.1, 0.15) is 12.5 Å². The van der Waals surface area contributed by atoms with Crippen molar-refractivity contribution in [1.29, 1.82) is 0 Å². The van der Waals surface area contributed by atoms with Crippen LogP contribution < -0.4 is 0 Å². The Balaban J connectivity index is 2.35. The highest BCUT2D eigenvalue weighted by atomic mass is 79.9. The molecule has 0 radical (unpaired) electrons. The van der Waals surface area contributed by atoms with Gasteiger partial charge in [-0.15, -0.1) is 11.6 Å². The fourth-order valence-corrected chi connectivity index (χ4v) is 5.44. The number of rotatable bonds is 4. The molecule has 0 N–H and O–H groups in total. The summed E-state index contributed by atoms with van der Waals surface area (Å²) in [5.41, 5.74) is 0.801. The molecule has 0 bridgehead atoms. The fraction of sp³-hybridized carbons (Fsp3) is 0.571. The zero-order valence-corrected chi connectivity index (χ0v) is 15.5. The van der Waals surface area contributed by atoms with E-state index in [4.69, 9.17) is 11.6 Å². The Hall–Kier alpha value is -0.140. The van der Waals surface area contributed by atoms with Crippen molar-refractivity contribution in [1.82, 2.24) is 9.21 Å². The van der Waals surface area contributed by atoms with Crippen LogP contribution in [0.15, 0.2) is 27.6 Å². The number of benzene rings is 1. The first-order chi connectivity index (χ1) is 9.77. The van der Waals surface area contributed by atoms with E-state index in [0.717, 1.165) is 5.56 Å². The van der Waals surface area contributed by atoms with E-state index >= 15 is 0 Å². The number of alkyl halides is 1. The van der Waals surface area contributed by atoms with Crippen LogP contribution in [0.3, 0.4) is 0 Å². The smallest absolute Gasteiger partial charge is 0.244 e. The average Bonchev–Trinajstić information content (AvgIpc) is 2.82. The summed E-state index contributed by atoms with van der Waals surface area (Å²) >= 11 is 9.16. The number of likely N-dealkylation sites (N-methyl/N-ethyl adjacent to an activating group) is 1. The first-order valence-electron chi connectivity index (χ1n) is 6.78. The van der Waals surface area contributed by atoms with E-state index < -0.39 is 10.0 Å². The first kappa shape index (κ1) is 17.2. The largest absolute Gasteiger partial charge is 0.305 e. The lowest BCUT2D eigenvalue weighted by Gasteiger charge is -2.22. The van der Waals surface area contributed by atoms with Crippen LogP contribution in [0, 0.1) is 5.92 Å². The zero-order valence-electron chi connectivity index (χ0n) is 12.4. The third kappa shape index (κ3) is 3.45. The number of hydrogen-bond acceptors (Lipinski definition) is 3. The van der Waals surface area contributed by atoms with Crippen molar-refractivity contribution in [2.24, 2.45) is 5.92 Å². The van der Waals surface area contributed by atoms with Crippen LogP contribution in [0.5, 0.6) is 0 Å². The van der Waals surface area contributed by atoms with E-state index in [1.165, 1.54) is 0 Å². The maximum atomic E-state index is 12.9. The van der Waals surface area contributed by atoms with Crippen LogP contribution in [-0.4, -0.2) is 50.8 Å². The lowest BCUT2D eigenvalue weighted by atomic mass is 10.1. The highest BCUT2D eigenvalue weighted by Gasteiger charge is 2.38. The van der Waals surface area contributed by atoms with Gasteiger partial charge >= 0.3 is 0 Å². The predicted octanol–water partition coefficient (Wildman–Crippen LogP) is 2.76. The lowest BCUT2D eigenvalue weighted by Crippen LogP contribution is -2.35. The Morgan fingerprint density at radius 3 is 2.57 bits per heavy atom. The number of nitrogens with zero attached hydrogens (tertiary/aromatic N) is 2. The van der Waals surface area contributed by atoms with Gasteiger partial charge in [-0.2, -0.15) is 4.31 Å². The topological polar surface area (TPSA) is 40.6 Å². The maximum absolute atomic E-state index is 12.9. The summed E-state index contributed by atoms with van der Waals surface area (Å²) in [4.78, 5) is 2.39. The molecule has 0 aromatic heterocycles. The molecule has 2 unspecified atom stereocenters. The summed E-state index contributed by atoms with van der Waals surface area (Å²) in [5.74, 6) is 0.608. The lowest BCUT2D eigenvalue weighted by molar-refractivity contribution is 0.263. The average molecular weight is 396 g/mol. The van der Waals surface area contributed by atoms with Crippen molar-refractivity contribution >= 4 is 37.6 Å². The minimum atomic E-state index is -3.50. The van der Waals surface area contributed by atoms with Gasteiger partial charge in [0, 0.05) is 29.5 Å². The van der Waals surface area contributed by atoms with Crippen LogP contribution in [-0.2, 0) is 15.9 Å². The molecule has 0 amide bonds. The highest BCUT2D eigenvalue weighted by Crippen LogP contribution is 2.31. The molecule has 1 aromatic carbocycles. The molecule has 1 heterocycles. The third-order valence-corrected chi connectivity index (χ3v) is 7.10. The van der Waals surface area contributed by atoms with Gasteiger partial charge in [-0.1, -0.05) is 13.0 Å². The second-order valence-corrected chi connectivity index (χ2v) is 8.76. The molecule has 1 saturated heterocycles. The monoisotopic (exact) mass is 394 g/mol. The minimum absolute atomic E-state index is 0.245. The normalized spacial score (nSPS) is 23.9. The van der Waals surface area contributed by atoms with E-state index in [0.29, 0.717) is 34.3 Å². The Morgan fingerprint density at radius 1 is 1.38 bits per heavy atom. The quantitative estimate of drug-likeness (QED) is 0.736. The van der Waals surface area contributed by atoms with E-state index in [-0.39, 0.29) is 6.04 Å². The molecule has 118 valence electrons. The summed E-state index contributed by atoms with van der Waals surface area (Å²) < 4.78 is 27.9. The predicted molar refractivity (Wildman–Crippen MR) is 89.1 cm³/mol. The van der Waals surface area contributed by atoms with Crippen LogP contribution in [0.25, 0.3) is 0 Å². The summed E-state index contributed by atoms with van der Waals surface area (Å²) in [6, 6.07) is 5.47. The van der Waals surface area contributed by atoms with Crippen molar-refractivity contribution in [3.8, 4) is 0 Å². The molecule has 7 heteroatoms. The molecule has 0 saturated carbocycles. The van der Waals surface area contributed by atoms with Gasteiger partial charge in [0.25, 0.3) is 0 Å². The molecule has 2 atom stereocenters. The Morgan fingerprint density at radius 2 is 2.05 bits per heavy atom. The summed E-state index contributed by atoms with van der Waals surface area (Å²) in [7, 11) is 0.475. The van der Waals surface area contributed by atoms with Crippen molar-refractivity contribution in [2.75, 3.05) is 27.2 Å². The molecule has 0 spiro atoms. The molecular weight excluding hydrogens is 376 g/mol. The van der Waals surface area contributed by atoms with Crippen LogP contribution in [0.2, 0.25) is 0 Å². The number of hydrogen-bond donors (Lipinski definition) is 0. The van der Waals surface area contributed by atoms with Gasteiger partial charge in [0.2, 0.25) is 10.0 Å². The minimum Gasteiger partial charge on any atom is -0.305 e. The Kier molecular flexibility index (Phi) is 5.36. The number of sulfonamides is 1. The zero-order chi connectivity index (χ0) is 15.8. The van der Waals surface area contributed by atoms with Gasteiger partial charge < -0.3 is 4.90 Å². The summed E-state index contributed by atoms with van der Waals surface area (Å²) in [6.45, 7) is 3.15. The second kappa shape index (κ2) is 6.54. The SMILES string of the molecule is CC1CN(S(=O)(=O)c2cc(CCl)ccc2Br)CC1N(C)C. The number of halogens is 2. The molecule has 1 aromatic rings. The maximum Gasteiger partial charge on any atom is 0.244 e. The van der Waals surface area contributed by atoms with E-state index in [9.17, 15) is 8.42 Å². The Labute approximate surface area is 140 Å². The van der Waals surface area contributed by atoms with Crippen LogP contribution >= 0.6 is 27.5 Å². The molecule has 1 aliphatic rings. The van der Waals surface area contributed by atoms with Crippen molar-refractivity contribution in [3.05, 3.63) is 28.2 Å². The highest BCUT2D eigenvalue weighted by molar-refractivity contribution is 9.10. The van der Waals surface area contributed by atoms with Gasteiger partial charge in [-0.05, 0) is 53.6 Å². The van der Waals surface area contributed by atoms with Gasteiger partial charge in [-0.25, -0.2) is 8.42 Å². The van der Waals surface area contributed by atoms with Crippen molar-refractivity contribution in [2.45, 2.75) is 23.7 Å². The molecule has 1 fully saturated rings. The van der Waals surface area contributed by atoms with Gasteiger partial charge in [0.15, 0.2) is 0 Å². The molecule has 2 rings (SSSR count). The molecule has 4 nitrogen and oxygen atoms in total. The van der Waals surface area contributed by atoms with Crippen molar-refractivity contribution < 1.29 is 8.42 Å². The van der Waals surface area contributed by atoms with Crippen molar-refractivity contribution in [3.63, 3.8) is 0 Å². The molecule has 21 heavy (non-hydrogen) atoms. The molecule has 0 aliphatic carbocycles. The van der Waals surface area contributed by atoms with Gasteiger partial charge in [0.1, 0.15) is 0 Å². The third-order valence-electron chi connectivity index (χ3n) is 3.97. The molecule has 1 aliphatic heterocycles. The van der Waals surface area contributed by atoms with E-state index in [1.807, 2.05) is 20.2 Å². The fourth-order valence-electron chi connectivity index (χ4n) is 2.74. The van der Waals surface area contributed by atoms with Gasteiger partial charge in [0.05, 0.1) is 4.90 Å². The standard InChI is InChI=1S/C14H20BrClN2O2S/c1-10-8-18(9-13(10)17(2)3)21(19,20)14-6-11(7-16)4-5-12(14)15/h4-6,10,13H,7-9H2,1-3H3. The first-order valence-corrected chi connectivity index (χ1v) is 9.55. The summed E-state index contributed by atoms with van der Waals surface area (Å²) in [5, 5.41) is 0. The Bertz CT molecular complexity index is 621. The van der Waals surface area contributed by atoms with Gasteiger partial charge in [-0.3, -0.25) is 0 Å². The van der Waals surface area contributed by atoms with E-state index in [1.54, 1.807) is 16.4 Å². The van der Waals surface area contributed by atoms with Crippen LogP contribution in [0.4, 0.5) is 0 Å². The van der Waals surface area contributed by atoms with E-state index in [2.05, 4.69) is 27.8 Å². The summed E-state index contributed by atoms with van der Waals surface area (Å²) in [6.07, 6.45) is 0. The second-order valence-electron chi connectivity index (χ2n) is 5.73. The molecular formula is C14H20BrClN2O2S.